The normalized spacial score (nSPS) is 32.4. The van der Waals surface area contributed by atoms with Crippen LogP contribution in [0.4, 0.5) is 0 Å². The van der Waals surface area contributed by atoms with Crippen LogP contribution in [0.3, 0.4) is 0 Å². The van der Waals surface area contributed by atoms with Gasteiger partial charge in [-0.15, -0.1) is 12.4 Å². The van der Waals surface area contributed by atoms with Crippen molar-refractivity contribution in [2.75, 3.05) is 26.2 Å². The molecule has 0 aromatic rings. The Morgan fingerprint density at radius 3 is 2.83 bits per heavy atom. The predicted octanol–water partition coefficient (Wildman–Crippen LogP) is 0.0639. The molecular weight excluding hydrogens is 256 g/mol. The highest BCUT2D eigenvalue weighted by Crippen LogP contribution is 2.23. The van der Waals surface area contributed by atoms with Gasteiger partial charge in [0.05, 0.1) is 12.7 Å². The van der Waals surface area contributed by atoms with Gasteiger partial charge in [-0.05, 0) is 12.8 Å². The quantitative estimate of drug-likeness (QED) is 0.683. The lowest BCUT2D eigenvalue weighted by Crippen LogP contribution is -2.49. The van der Waals surface area contributed by atoms with E-state index in [1.165, 1.54) is 0 Å². The summed E-state index contributed by atoms with van der Waals surface area (Å²) in [7, 11) is 0. The van der Waals surface area contributed by atoms with Crippen LogP contribution >= 0.6 is 12.4 Å². The lowest BCUT2D eigenvalue weighted by atomic mass is 9.86. The second-order valence-electron chi connectivity index (χ2n) is 4.92. The lowest BCUT2D eigenvalue weighted by molar-refractivity contribution is -0.134. The molecular formula is C12H23ClN2O3. The Balaban J connectivity index is 0.00000162. The highest BCUT2D eigenvalue weighted by atomic mass is 35.5. The first-order valence-corrected chi connectivity index (χ1v) is 6.55. The summed E-state index contributed by atoms with van der Waals surface area (Å²) in [6.45, 7) is 2.55. The molecule has 1 saturated carbocycles. The summed E-state index contributed by atoms with van der Waals surface area (Å²) >= 11 is 0. The van der Waals surface area contributed by atoms with E-state index in [4.69, 9.17) is 4.74 Å². The summed E-state index contributed by atoms with van der Waals surface area (Å²) in [4.78, 5) is 11.8. The number of carbonyl (C=O) groups excluding carboxylic acids is 1. The topological polar surface area (TPSA) is 70.6 Å². The van der Waals surface area contributed by atoms with Gasteiger partial charge in [-0.1, -0.05) is 12.8 Å². The molecule has 1 aliphatic heterocycles. The van der Waals surface area contributed by atoms with Gasteiger partial charge in [-0.2, -0.15) is 0 Å². The maximum atomic E-state index is 11.8. The standard InChI is InChI=1S/C12H22N2O3.ClH/c15-10-4-2-1-3-9(10)7-14-12(16)11-8-13-5-6-17-11;/h9-11,13,15H,1-8H2,(H,14,16);1H. The lowest BCUT2D eigenvalue weighted by Gasteiger charge is -2.29. The van der Waals surface area contributed by atoms with Crippen molar-refractivity contribution in [2.45, 2.75) is 37.9 Å². The number of ether oxygens (including phenoxy) is 1. The fourth-order valence-electron chi connectivity index (χ4n) is 2.51. The van der Waals surface area contributed by atoms with Crippen molar-refractivity contribution in [3.05, 3.63) is 0 Å². The smallest absolute Gasteiger partial charge is 0.250 e. The summed E-state index contributed by atoms with van der Waals surface area (Å²) in [6.07, 6.45) is 3.49. The fraction of sp³-hybridized carbons (Fsp3) is 0.917. The van der Waals surface area contributed by atoms with Gasteiger partial charge < -0.3 is 20.5 Å². The molecule has 106 valence electrons. The Kier molecular flexibility index (Phi) is 6.92. The number of hydrogen-bond acceptors (Lipinski definition) is 4. The minimum absolute atomic E-state index is 0. The van der Waals surface area contributed by atoms with Crippen LogP contribution in [-0.4, -0.2) is 49.5 Å². The summed E-state index contributed by atoms with van der Waals surface area (Å²) < 4.78 is 5.37. The second kappa shape index (κ2) is 7.94. The van der Waals surface area contributed by atoms with E-state index in [-0.39, 0.29) is 36.4 Å². The third-order valence-corrected chi connectivity index (χ3v) is 3.63. The number of morpholine rings is 1. The molecule has 18 heavy (non-hydrogen) atoms. The molecule has 1 saturated heterocycles. The van der Waals surface area contributed by atoms with E-state index in [0.717, 1.165) is 32.2 Å². The molecule has 2 rings (SSSR count). The summed E-state index contributed by atoms with van der Waals surface area (Å²) in [5, 5.41) is 15.8. The van der Waals surface area contributed by atoms with E-state index in [1.54, 1.807) is 0 Å². The van der Waals surface area contributed by atoms with Crippen LogP contribution in [0.15, 0.2) is 0 Å². The molecule has 0 radical (unpaired) electrons. The molecule has 0 aromatic heterocycles. The molecule has 2 fully saturated rings. The number of amides is 1. The van der Waals surface area contributed by atoms with Crippen LogP contribution in [0.5, 0.6) is 0 Å². The molecule has 5 nitrogen and oxygen atoms in total. The number of aliphatic hydroxyl groups is 1. The molecule has 6 heteroatoms. The zero-order valence-electron chi connectivity index (χ0n) is 10.6. The van der Waals surface area contributed by atoms with Crippen molar-refractivity contribution in [2.24, 2.45) is 5.92 Å². The predicted molar refractivity (Wildman–Crippen MR) is 70.8 cm³/mol. The van der Waals surface area contributed by atoms with Crippen molar-refractivity contribution < 1.29 is 14.6 Å². The van der Waals surface area contributed by atoms with E-state index in [2.05, 4.69) is 10.6 Å². The number of rotatable bonds is 3. The zero-order chi connectivity index (χ0) is 12.1. The highest BCUT2D eigenvalue weighted by Gasteiger charge is 2.26. The third-order valence-electron chi connectivity index (χ3n) is 3.63. The van der Waals surface area contributed by atoms with Crippen LogP contribution in [0, 0.1) is 5.92 Å². The first-order chi connectivity index (χ1) is 8.27. The van der Waals surface area contributed by atoms with Gasteiger partial charge in [0.15, 0.2) is 0 Å². The number of aliphatic hydroxyl groups excluding tert-OH is 1. The van der Waals surface area contributed by atoms with Crippen molar-refractivity contribution in [1.29, 1.82) is 0 Å². The Bertz CT molecular complexity index is 260. The second-order valence-corrected chi connectivity index (χ2v) is 4.92. The maximum Gasteiger partial charge on any atom is 0.250 e. The minimum atomic E-state index is -0.371. The van der Waals surface area contributed by atoms with Gasteiger partial charge in [0.25, 0.3) is 0 Å². The van der Waals surface area contributed by atoms with Gasteiger partial charge in [0.1, 0.15) is 6.10 Å². The van der Waals surface area contributed by atoms with Gasteiger partial charge in [0.2, 0.25) is 5.91 Å². The SMILES string of the molecule is Cl.O=C(NCC1CCCCC1O)C1CNCCO1. The van der Waals surface area contributed by atoms with Crippen molar-refractivity contribution in [3.63, 3.8) is 0 Å². The molecule has 3 unspecified atom stereocenters. The first kappa shape index (κ1) is 15.7. The monoisotopic (exact) mass is 278 g/mol. The van der Waals surface area contributed by atoms with E-state index in [0.29, 0.717) is 19.7 Å². The Morgan fingerprint density at radius 1 is 1.39 bits per heavy atom. The number of hydrogen-bond donors (Lipinski definition) is 3. The largest absolute Gasteiger partial charge is 0.393 e. The molecule has 2 aliphatic rings. The Hall–Kier alpha value is -0.360. The van der Waals surface area contributed by atoms with Crippen LogP contribution in [-0.2, 0) is 9.53 Å². The number of nitrogens with one attached hydrogen (secondary N) is 2. The van der Waals surface area contributed by atoms with E-state index in [9.17, 15) is 9.90 Å². The average molecular weight is 279 g/mol. The molecule has 1 aliphatic carbocycles. The van der Waals surface area contributed by atoms with Crippen LogP contribution < -0.4 is 10.6 Å². The molecule has 0 aromatic carbocycles. The van der Waals surface area contributed by atoms with Crippen molar-refractivity contribution >= 4 is 18.3 Å². The molecule has 0 spiro atoms. The highest BCUT2D eigenvalue weighted by molar-refractivity contribution is 5.85. The molecule has 0 bridgehead atoms. The molecule has 1 heterocycles. The first-order valence-electron chi connectivity index (χ1n) is 6.55. The van der Waals surface area contributed by atoms with Gasteiger partial charge in [0, 0.05) is 25.6 Å². The number of halogens is 1. The van der Waals surface area contributed by atoms with Gasteiger partial charge >= 0.3 is 0 Å². The summed E-state index contributed by atoms with van der Waals surface area (Å²) in [5.41, 5.74) is 0. The summed E-state index contributed by atoms with van der Waals surface area (Å²) in [5.74, 6) is 0.152. The van der Waals surface area contributed by atoms with Crippen molar-refractivity contribution in [3.8, 4) is 0 Å². The Labute approximate surface area is 114 Å². The third kappa shape index (κ3) is 4.39. The molecule has 3 atom stereocenters. The summed E-state index contributed by atoms with van der Waals surface area (Å²) in [6, 6.07) is 0. The Morgan fingerprint density at radius 2 is 2.17 bits per heavy atom. The minimum Gasteiger partial charge on any atom is -0.393 e. The molecule has 1 amide bonds. The average Bonchev–Trinajstić information content (AvgIpc) is 2.38. The van der Waals surface area contributed by atoms with Gasteiger partial charge in [-0.25, -0.2) is 0 Å². The van der Waals surface area contributed by atoms with E-state index in [1.807, 2.05) is 0 Å². The maximum absolute atomic E-state index is 11.8. The van der Waals surface area contributed by atoms with Crippen LogP contribution in [0.25, 0.3) is 0 Å². The zero-order valence-corrected chi connectivity index (χ0v) is 11.4. The van der Waals surface area contributed by atoms with E-state index < -0.39 is 0 Å². The fourth-order valence-corrected chi connectivity index (χ4v) is 2.51. The van der Waals surface area contributed by atoms with Gasteiger partial charge in [-0.3, -0.25) is 4.79 Å². The van der Waals surface area contributed by atoms with Crippen molar-refractivity contribution in [1.82, 2.24) is 10.6 Å². The van der Waals surface area contributed by atoms with Crippen LogP contribution in [0.1, 0.15) is 25.7 Å². The molecule has 3 N–H and O–H groups in total. The van der Waals surface area contributed by atoms with E-state index >= 15 is 0 Å². The number of carbonyl (C=O) groups is 1. The van der Waals surface area contributed by atoms with Crippen LogP contribution in [0.2, 0.25) is 0 Å².